The van der Waals surface area contributed by atoms with Crippen molar-refractivity contribution in [2.45, 2.75) is 512 Å². The molecule has 2 aromatic carbocycles. The van der Waals surface area contributed by atoms with Crippen LogP contribution in [0.25, 0.3) is 32.0 Å². The zero-order valence-corrected chi connectivity index (χ0v) is 76.5. The van der Waals surface area contributed by atoms with Gasteiger partial charge in [-0.2, -0.15) is 0 Å². The Hall–Kier alpha value is -0.983. The summed E-state index contributed by atoms with van der Waals surface area (Å²) in [5, 5.41) is 8.53. The van der Waals surface area contributed by atoms with Crippen LogP contribution in [-0.4, -0.2) is 17.7 Å². The second-order valence-corrected chi connectivity index (χ2v) is 42.8. The minimum absolute atomic E-state index is 0.522. The number of rotatable bonds is 76. The highest BCUT2D eigenvalue weighted by molar-refractivity contribution is 9.09. The van der Waals surface area contributed by atoms with Crippen LogP contribution in [0.4, 0.5) is 0 Å². The van der Waals surface area contributed by atoms with E-state index in [9.17, 15) is 0 Å². The Balaban J connectivity index is 1.34. The molecule has 1 aliphatic heterocycles. The third-order valence-corrected chi connectivity index (χ3v) is 34.7. The van der Waals surface area contributed by atoms with Crippen LogP contribution in [0.3, 0.4) is 0 Å². The normalized spacial score (nSPS) is 13.8. The predicted octanol–water partition coefficient (Wildman–Crippen LogP) is 37.0. The SMILES string of the molecule is CCCCCCCCCCCCCCCCCCCC[Si]1(CCCCCCCCCCCCCCCCCCCC)c2ccc(-c3sccc3C(CCC)C(Br)CCCCCCCCCCCCCCC)cc2-c2ccc(-c3sccc3C(CCC)C(Br)CCCCCCCCCCCCCCC)cc21. The summed E-state index contributed by atoms with van der Waals surface area (Å²) >= 11 is 13.0. The van der Waals surface area contributed by atoms with Gasteiger partial charge in [0.25, 0.3) is 0 Å². The highest BCUT2D eigenvalue weighted by Gasteiger charge is 2.45. The van der Waals surface area contributed by atoms with E-state index in [-0.39, 0.29) is 0 Å². The predicted molar refractivity (Wildman–Crippen MR) is 492 cm³/mol. The molecule has 0 spiro atoms. The highest BCUT2D eigenvalue weighted by atomic mass is 79.9. The number of fused-ring (bicyclic) bond motifs is 3. The lowest BCUT2D eigenvalue weighted by atomic mass is 9.87. The molecular formula is C100H172Br2S2Si. The summed E-state index contributed by atoms with van der Waals surface area (Å²) < 4.78 is 0. The maximum absolute atomic E-state index is 4.45. The van der Waals surface area contributed by atoms with Gasteiger partial charge in [-0.3, -0.25) is 0 Å². The van der Waals surface area contributed by atoms with Gasteiger partial charge >= 0.3 is 0 Å². The molecule has 4 atom stereocenters. The molecule has 0 nitrogen and oxygen atoms in total. The van der Waals surface area contributed by atoms with Crippen molar-refractivity contribution in [3.8, 4) is 32.0 Å². The Morgan fingerprint density at radius 1 is 0.248 bits per heavy atom. The van der Waals surface area contributed by atoms with E-state index in [2.05, 4.69) is 144 Å². The molecule has 0 N–H and O–H groups in total. The quantitative estimate of drug-likeness (QED) is 0.0235. The van der Waals surface area contributed by atoms with Crippen LogP contribution in [0.15, 0.2) is 59.3 Å². The molecule has 105 heavy (non-hydrogen) atoms. The summed E-state index contributed by atoms with van der Waals surface area (Å²) in [6.07, 6.45) is 96.3. The van der Waals surface area contributed by atoms with Crippen LogP contribution in [0.1, 0.15) is 501 Å². The van der Waals surface area contributed by atoms with E-state index in [1.165, 1.54) is 460 Å². The standard InChI is InChI=1S/C100H172Br2S2Si/c1-7-13-17-21-25-29-33-37-39-41-43-45-49-53-57-61-65-69-83-105(84-70-66-62-58-54-50-46-44-42-40-38-34-30-26-22-18-14-8-2)97-78-76-87(99-92(79-81-103-99)89(71-11-5)95(101)73-67-63-59-55-51-47-35-31-27-23-19-15-9-3)85-94(97)91-77-75-88(86-98(91)105)100-93(80-82-104-100)90(72-12-6)96(102)74-68-64-60-56-52-48-36-32-28-24-20-16-10-4/h75-82,85-86,89-90,95-96H,7-74,83-84H2,1-6H3. The van der Waals surface area contributed by atoms with Gasteiger partial charge in [-0.1, -0.05) is 515 Å². The van der Waals surface area contributed by atoms with Gasteiger partial charge < -0.3 is 0 Å². The summed E-state index contributed by atoms with van der Waals surface area (Å²) in [7, 11) is -2.19. The van der Waals surface area contributed by atoms with Crippen LogP contribution >= 0.6 is 54.5 Å². The Morgan fingerprint density at radius 3 is 0.790 bits per heavy atom. The van der Waals surface area contributed by atoms with Gasteiger partial charge in [0.15, 0.2) is 0 Å². The van der Waals surface area contributed by atoms with E-state index >= 15 is 0 Å². The lowest BCUT2D eigenvalue weighted by Crippen LogP contribution is -2.55. The molecule has 3 heterocycles. The summed E-state index contributed by atoms with van der Waals surface area (Å²) in [5.41, 5.74) is 9.47. The number of thiophene rings is 2. The van der Waals surface area contributed by atoms with E-state index < -0.39 is 8.07 Å². The van der Waals surface area contributed by atoms with Gasteiger partial charge in [0.1, 0.15) is 8.07 Å². The lowest BCUT2D eigenvalue weighted by Gasteiger charge is -2.31. The van der Waals surface area contributed by atoms with Crippen molar-refractivity contribution in [2.75, 3.05) is 0 Å². The van der Waals surface area contributed by atoms with E-state index in [1.54, 1.807) is 37.2 Å². The smallest absolute Gasteiger partial charge is 0.119 e. The monoisotopic (exact) mass is 1620 g/mol. The minimum atomic E-state index is -2.19. The van der Waals surface area contributed by atoms with Crippen molar-refractivity contribution >= 4 is 73.0 Å². The molecule has 0 aliphatic carbocycles. The number of alkyl halides is 2. The fourth-order valence-electron chi connectivity index (χ4n) is 18.6. The molecule has 5 rings (SSSR count). The molecule has 4 unspecified atom stereocenters. The number of benzene rings is 2. The molecule has 602 valence electrons. The van der Waals surface area contributed by atoms with E-state index in [1.807, 2.05) is 16.5 Å². The molecule has 2 aromatic heterocycles. The molecule has 1 aliphatic rings. The molecule has 0 amide bonds. The lowest BCUT2D eigenvalue weighted by molar-refractivity contribution is 0.515. The first kappa shape index (κ1) is 94.6. The van der Waals surface area contributed by atoms with Crippen LogP contribution < -0.4 is 10.4 Å². The van der Waals surface area contributed by atoms with Crippen LogP contribution in [0.5, 0.6) is 0 Å². The molecule has 4 aromatic rings. The van der Waals surface area contributed by atoms with Gasteiger partial charge in [-0.15, -0.1) is 22.7 Å². The summed E-state index contributed by atoms with van der Waals surface area (Å²) in [6, 6.07) is 24.3. The van der Waals surface area contributed by atoms with E-state index in [0.29, 0.717) is 21.5 Å². The maximum atomic E-state index is 4.45. The van der Waals surface area contributed by atoms with Crippen molar-refractivity contribution in [2.24, 2.45) is 0 Å². The fraction of sp³-hybridized carbons (Fsp3) is 0.800. The maximum Gasteiger partial charge on any atom is 0.119 e. The first-order chi connectivity index (χ1) is 51.9. The number of halogens is 2. The van der Waals surface area contributed by atoms with Gasteiger partial charge in [-0.05, 0) is 122 Å². The number of hydrogen-bond donors (Lipinski definition) is 0. The van der Waals surface area contributed by atoms with Gasteiger partial charge in [0.05, 0.1) is 0 Å². The Kier molecular flexibility index (Phi) is 58.0. The second-order valence-electron chi connectivity index (χ2n) is 34.4. The Labute approximate surface area is 681 Å². The van der Waals surface area contributed by atoms with Gasteiger partial charge in [0, 0.05) is 19.4 Å². The topological polar surface area (TPSA) is 0 Å². The fourth-order valence-corrected chi connectivity index (χ4v) is 27.9. The Morgan fingerprint density at radius 2 is 0.505 bits per heavy atom. The van der Waals surface area contributed by atoms with Crippen molar-refractivity contribution in [3.63, 3.8) is 0 Å². The van der Waals surface area contributed by atoms with Gasteiger partial charge in [0.2, 0.25) is 0 Å². The van der Waals surface area contributed by atoms with E-state index in [4.69, 9.17) is 0 Å². The molecule has 0 fully saturated rings. The Bertz CT molecular complexity index is 2550. The third kappa shape index (κ3) is 39.6. The summed E-state index contributed by atoms with van der Waals surface area (Å²) in [6.45, 7) is 14.2. The van der Waals surface area contributed by atoms with Crippen LogP contribution in [0, 0.1) is 0 Å². The minimum Gasteiger partial charge on any atom is -0.144 e. The second kappa shape index (κ2) is 64.4. The molecule has 5 heteroatoms. The number of unbranched alkanes of at least 4 members (excludes halogenated alkanes) is 58. The van der Waals surface area contributed by atoms with E-state index in [0.717, 1.165) is 0 Å². The average Bonchev–Trinajstić information content (AvgIpc) is 1.56. The van der Waals surface area contributed by atoms with Crippen molar-refractivity contribution in [1.29, 1.82) is 0 Å². The van der Waals surface area contributed by atoms with Crippen LogP contribution in [-0.2, 0) is 0 Å². The summed E-state index contributed by atoms with van der Waals surface area (Å²) in [5.74, 6) is 1.09. The van der Waals surface area contributed by atoms with Crippen molar-refractivity contribution < 1.29 is 0 Å². The number of hydrogen-bond acceptors (Lipinski definition) is 2. The molecule has 0 bridgehead atoms. The molecule has 0 radical (unpaired) electrons. The first-order valence-corrected chi connectivity index (χ1v) is 53.6. The first-order valence-electron chi connectivity index (χ1n) is 47.6. The molecule has 0 saturated carbocycles. The largest absolute Gasteiger partial charge is 0.144 e. The van der Waals surface area contributed by atoms with Gasteiger partial charge in [-0.25, -0.2) is 0 Å². The van der Waals surface area contributed by atoms with Crippen molar-refractivity contribution in [1.82, 2.24) is 0 Å². The average molecular weight is 1630 g/mol. The summed E-state index contributed by atoms with van der Waals surface area (Å²) in [4.78, 5) is 4.16. The zero-order valence-electron chi connectivity index (χ0n) is 70.7. The van der Waals surface area contributed by atoms with Crippen LogP contribution in [0.2, 0.25) is 12.1 Å². The molecular weight excluding hydrogens is 1450 g/mol. The molecule has 0 saturated heterocycles. The zero-order chi connectivity index (χ0) is 74.6. The highest BCUT2D eigenvalue weighted by Crippen LogP contribution is 2.47. The van der Waals surface area contributed by atoms with Crippen molar-refractivity contribution in [3.05, 3.63) is 70.4 Å². The third-order valence-electron chi connectivity index (χ3n) is 25.2.